The number of nitro groups is 1. The maximum atomic E-state index is 10.9. The lowest BCUT2D eigenvalue weighted by Crippen LogP contribution is -2.16. The smallest absolute Gasteiger partial charge is 0.231 e. The van der Waals surface area contributed by atoms with Gasteiger partial charge in [0.25, 0.3) is 0 Å². The molecule has 0 aliphatic heterocycles. The second kappa shape index (κ2) is 16.2. The summed E-state index contributed by atoms with van der Waals surface area (Å²) in [5.41, 5.74) is 0. The molecule has 0 heterocycles. The Bertz CT molecular complexity index is 303. The number of hydrogen-bond donors (Lipinski definition) is 0. The number of carbonyl (C=O) groups excluding carboxylic acids is 1. The lowest BCUT2D eigenvalue weighted by Gasteiger charge is -2.04. The van der Waals surface area contributed by atoms with Crippen LogP contribution in [0.2, 0.25) is 0 Å². The molecule has 0 aromatic rings. The van der Waals surface area contributed by atoms with E-state index in [1.54, 1.807) is 6.08 Å². The highest BCUT2D eigenvalue weighted by atomic mass is 16.6. The predicted molar refractivity (Wildman–Crippen MR) is 91.3 cm³/mol. The SMILES string of the molecule is CCCCCCCCCC/C=C/C(CCCC[C]=O)[N+](=O)[O-]. The van der Waals surface area contributed by atoms with Gasteiger partial charge >= 0.3 is 0 Å². The maximum Gasteiger partial charge on any atom is 0.231 e. The zero-order valence-corrected chi connectivity index (χ0v) is 14.1. The molecule has 0 aromatic carbocycles. The van der Waals surface area contributed by atoms with Gasteiger partial charge < -0.3 is 0 Å². The molecule has 0 aliphatic carbocycles. The number of rotatable bonds is 16. The molecule has 1 radical (unpaired) electrons. The van der Waals surface area contributed by atoms with Gasteiger partial charge in [-0.2, -0.15) is 0 Å². The van der Waals surface area contributed by atoms with Gasteiger partial charge in [0, 0.05) is 17.8 Å². The minimum atomic E-state index is -0.597. The summed E-state index contributed by atoms with van der Waals surface area (Å²) in [6.07, 6.45) is 19.0. The lowest BCUT2D eigenvalue weighted by atomic mass is 10.1. The van der Waals surface area contributed by atoms with Crippen LogP contribution in [0.4, 0.5) is 0 Å². The highest BCUT2D eigenvalue weighted by Gasteiger charge is 2.14. The van der Waals surface area contributed by atoms with Gasteiger partial charge in [-0.05, 0) is 31.8 Å². The number of hydrogen-bond acceptors (Lipinski definition) is 3. The molecule has 0 amide bonds. The highest BCUT2D eigenvalue weighted by Crippen LogP contribution is 2.11. The van der Waals surface area contributed by atoms with Crippen LogP contribution in [0.3, 0.4) is 0 Å². The highest BCUT2D eigenvalue weighted by molar-refractivity contribution is 5.50. The van der Waals surface area contributed by atoms with Crippen molar-refractivity contribution >= 4 is 6.29 Å². The van der Waals surface area contributed by atoms with Crippen LogP contribution in [0.25, 0.3) is 0 Å². The van der Waals surface area contributed by atoms with Crippen molar-refractivity contribution in [3.05, 3.63) is 22.3 Å². The van der Waals surface area contributed by atoms with Gasteiger partial charge in [-0.25, -0.2) is 0 Å². The Labute approximate surface area is 135 Å². The van der Waals surface area contributed by atoms with Gasteiger partial charge in [-0.3, -0.25) is 14.9 Å². The van der Waals surface area contributed by atoms with E-state index in [-0.39, 0.29) is 4.92 Å². The zero-order valence-electron chi connectivity index (χ0n) is 14.1. The molecule has 0 N–H and O–H groups in total. The monoisotopic (exact) mass is 310 g/mol. The molecule has 0 saturated heterocycles. The second-order valence-electron chi connectivity index (χ2n) is 5.93. The van der Waals surface area contributed by atoms with Crippen molar-refractivity contribution in [2.45, 2.75) is 96.4 Å². The molecule has 4 heteroatoms. The summed E-state index contributed by atoms with van der Waals surface area (Å²) in [5.74, 6) is 0. The van der Waals surface area contributed by atoms with E-state index < -0.39 is 6.04 Å². The molecule has 0 bridgehead atoms. The molecule has 127 valence electrons. The van der Waals surface area contributed by atoms with Crippen LogP contribution < -0.4 is 0 Å². The largest absolute Gasteiger partial charge is 0.291 e. The molecular weight excluding hydrogens is 278 g/mol. The van der Waals surface area contributed by atoms with Crippen LogP contribution in [-0.4, -0.2) is 17.3 Å². The van der Waals surface area contributed by atoms with Crippen molar-refractivity contribution in [2.24, 2.45) is 0 Å². The fraction of sp³-hybridized carbons (Fsp3) is 0.833. The summed E-state index contributed by atoms with van der Waals surface area (Å²) in [4.78, 5) is 20.8. The fourth-order valence-corrected chi connectivity index (χ4v) is 2.47. The standard InChI is InChI=1S/C18H32NO3/c1-2-3-4-5-6-7-8-9-10-12-15-18(19(21)22)16-13-11-14-17-20/h12,15,18H,2-11,13-14,16H2,1H3/b15-12+. The average Bonchev–Trinajstić information content (AvgIpc) is 2.50. The van der Waals surface area contributed by atoms with Crippen molar-refractivity contribution < 1.29 is 9.72 Å². The number of nitrogens with zero attached hydrogens (tertiary/aromatic N) is 1. The van der Waals surface area contributed by atoms with Gasteiger partial charge in [0.15, 0.2) is 6.29 Å². The van der Waals surface area contributed by atoms with Crippen molar-refractivity contribution in [3.63, 3.8) is 0 Å². The van der Waals surface area contributed by atoms with Gasteiger partial charge in [0.1, 0.15) is 0 Å². The van der Waals surface area contributed by atoms with Crippen LogP contribution in [0, 0.1) is 10.1 Å². The van der Waals surface area contributed by atoms with Crippen LogP contribution in [0.15, 0.2) is 12.2 Å². The maximum absolute atomic E-state index is 10.9. The van der Waals surface area contributed by atoms with Crippen molar-refractivity contribution in [3.8, 4) is 0 Å². The third kappa shape index (κ3) is 13.8. The van der Waals surface area contributed by atoms with Gasteiger partial charge in [-0.15, -0.1) is 0 Å². The third-order valence-electron chi connectivity index (χ3n) is 3.88. The summed E-state index contributed by atoms with van der Waals surface area (Å²) in [6, 6.07) is -0.597. The second-order valence-corrected chi connectivity index (χ2v) is 5.93. The number of allylic oxidation sites excluding steroid dienone is 1. The minimum Gasteiger partial charge on any atom is -0.291 e. The normalized spacial score (nSPS) is 12.6. The molecule has 22 heavy (non-hydrogen) atoms. The van der Waals surface area contributed by atoms with E-state index in [1.807, 2.05) is 12.4 Å². The molecule has 0 fully saturated rings. The summed E-state index contributed by atoms with van der Waals surface area (Å²) < 4.78 is 0. The summed E-state index contributed by atoms with van der Waals surface area (Å²) in [6.45, 7) is 2.23. The minimum absolute atomic E-state index is 0.227. The van der Waals surface area contributed by atoms with Gasteiger partial charge in [-0.1, -0.05) is 57.9 Å². The Hall–Kier alpha value is -1.19. The van der Waals surface area contributed by atoms with E-state index in [0.717, 1.165) is 12.8 Å². The first-order valence-corrected chi connectivity index (χ1v) is 8.87. The van der Waals surface area contributed by atoms with Crippen molar-refractivity contribution in [1.29, 1.82) is 0 Å². The molecule has 1 unspecified atom stereocenters. The van der Waals surface area contributed by atoms with E-state index in [0.29, 0.717) is 25.7 Å². The van der Waals surface area contributed by atoms with E-state index in [4.69, 9.17) is 0 Å². The Morgan fingerprint density at radius 1 is 1.00 bits per heavy atom. The molecule has 0 aromatic heterocycles. The predicted octanol–water partition coefficient (Wildman–Crippen LogP) is 5.39. The van der Waals surface area contributed by atoms with Crippen LogP contribution in [-0.2, 0) is 4.79 Å². The van der Waals surface area contributed by atoms with Crippen LogP contribution >= 0.6 is 0 Å². The first-order valence-electron chi connectivity index (χ1n) is 8.87. The number of unbranched alkanes of at least 4 members (excludes halogenated alkanes) is 10. The van der Waals surface area contributed by atoms with Crippen LogP contribution in [0.1, 0.15) is 90.4 Å². The lowest BCUT2D eigenvalue weighted by molar-refractivity contribution is -0.510. The van der Waals surface area contributed by atoms with Crippen LogP contribution in [0.5, 0.6) is 0 Å². The molecule has 0 saturated carbocycles. The Morgan fingerprint density at radius 3 is 2.23 bits per heavy atom. The average molecular weight is 310 g/mol. The molecule has 0 rings (SSSR count). The molecule has 4 nitrogen and oxygen atoms in total. The molecule has 0 aliphatic rings. The third-order valence-corrected chi connectivity index (χ3v) is 3.88. The van der Waals surface area contributed by atoms with E-state index in [2.05, 4.69) is 6.92 Å². The summed E-state index contributed by atoms with van der Waals surface area (Å²) in [5, 5.41) is 10.9. The zero-order chi connectivity index (χ0) is 16.5. The van der Waals surface area contributed by atoms with E-state index >= 15 is 0 Å². The first kappa shape index (κ1) is 20.8. The Morgan fingerprint density at radius 2 is 1.64 bits per heavy atom. The molecule has 0 spiro atoms. The van der Waals surface area contributed by atoms with Gasteiger partial charge in [0.2, 0.25) is 6.04 Å². The van der Waals surface area contributed by atoms with Crippen molar-refractivity contribution in [2.75, 3.05) is 0 Å². The van der Waals surface area contributed by atoms with Gasteiger partial charge in [0.05, 0.1) is 0 Å². The molecular formula is C18H32NO3. The summed E-state index contributed by atoms with van der Waals surface area (Å²) in [7, 11) is 0. The Kier molecular flexibility index (Phi) is 15.3. The quantitative estimate of drug-likeness (QED) is 0.166. The molecule has 1 atom stereocenters. The van der Waals surface area contributed by atoms with E-state index in [9.17, 15) is 14.9 Å². The van der Waals surface area contributed by atoms with E-state index in [1.165, 1.54) is 44.9 Å². The summed E-state index contributed by atoms with van der Waals surface area (Å²) >= 11 is 0. The topological polar surface area (TPSA) is 60.2 Å². The van der Waals surface area contributed by atoms with Crippen molar-refractivity contribution in [1.82, 2.24) is 0 Å². The fourth-order valence-electron chi connectivity index (χ4n) is 2.47. The Balaban J connectivity index is 3.60. The first-order chi connectivity index (χ1) is 10.7.